The largest absolute Gasteiger partial charge is 0.487 e. The van der Waals surface area contributed by atoms with Gasteiger partial charge in [0, 0.05) is 18.6 Å². The summed E-state index contributed by atoms with van der Waals surface area (Å²) in [7, 11) is 0. The Hall–Kier alpha value is -2.06. The van der Waals surface area contributed by atoms with Gasteiger partial charge in [-0.15, -0.1) is 0 Å². The van der Waals surface area contributed by atoms with Gasteiger partial charge in [-0.1, -0.05) is 41.9 Å². The predicted molar refractivity (Wildman–Crippen MR) is 112 cm³/mol. The summed E-state index contributed by atoms with van der Waals surface area (Å²) in [6, 6.07) is 18.6. The average molecular weight is 396 g/mol. The third kappa shape index (κ3) is 4.17. The van der Waals surface area contributed by atoms with Gasteiger partial charge in [0.2, 0.25) is 0 Å². The summed E-state index contributed by atoms with van der Waals surface area (Å²) >= 11 is 6.39. The molecule has 4 rings (SSSR count). The van der Waals surface area contributed by atoms with Crippen LogP contribution in [0.25, 0.3) is 0 Å². The van der Waals surface area contributed by atoms with Gasteiger partial charge in [0.15, 0.2) is 0 Å². The van der Waals surface area contributed by atoms with Crippen molar-refractivity contribution in [3.63, 3.8) is 0 Å². The van der Waals surface area contributed by atoms with Gasteiger partial charge >= 0.3 is 0 Å². The molecule has 1 saturated heterocycles. The molecule has 2 aromatic rings. The van der Waals surface area contributed by atoms with Crippen LogP contribution in [0.2, 0.25) is 5.02 Å². The second kappa shape index (κ2) is 8.53. The molecule has 0 bridgehead atoms. The zero-order valence-corrected chi connectivity index (χ0v) is 16.7. The standard InChI is InChI=1S/C23H26ClN3O/c24-20-11-16(14-25)8-9-22(20)28-23-13-18(17-5-2-1-3-6-17)12-21(23)27-10-4-7-19(26)15-27/h1-3,5-6,8-9,11,18-19,21,23H,4,7,10,12-13,15,26H2/t18?,19-,21?,23?/m0/s1. The highest BCUT2D eigenvalue weighted by Crippen LogP contribution is 2.41. The number of hydrogen-bond acceptors (Lipinski definition) is 4. The molecule has 2 N–H and O–H groups in total. The quantitative estimate of drug-likeness (QED) is 0.836. The maximum absolute atomic E-state index is 9.07. The van der Waals surface area contributed by atoms with Crippen molar-refractivity contribution in [1.29, 1.82) is 5.26 Å². The molecule has 0 amide bonds. The van der Waals surface area contributed by atoms with Crippen LogP contribution in [-0.4, -0.2) is 36.2 Å². The first kappa shape index (κ1) is 19.3. The summed E-state index contributed by atoms with van der Waals surface area (Å²) in [5, 5.41) is 9.56. The highest BCUT2D eigenvalue weighted by atomic mass is 35.5. The molecule has 0 radical (unpaired) electrons. The Labute approximate surface area is 171 Å². The zero-order valence-electron chi connectivity index (χ0n) is 15.9. The number of likely N-dealkylation sites (tertiary alicyclic amines) is 1. The van der Waals surface area contributed by atoms with Gasteiger partial charge in [-0.2, -0.15) is 5.26 Å². The Morgan fingerprint density at radius 2 is 1.96 bits per heavy atom. The number of rotatable bonds is 4. The second-order valence-electron chi connectivity index (χ2n) is 7.96. The van der Waals surface area contributed by atoms with Crippen molar-refractivity contribution in [2.75, 3.05) is 13.1 Å². The molecule has 1 aliphatic heterocycles. The summed E-state index contributed by atoms with van der Waals surface area (Å²) in [4.78, 5) is 2.51. The molecule has 0 spiro atoms. The highest BCUT2D eigenvalue weighted by molar-refractivity contribution is 6.32. The van der Waals surface area contributed by atoms with E-state index in [0.29, 0.717) is 28.3 Å². The van der Waals surface area contributed by atoms with E-state index in [1.165, 1.54) is 5.56 Å². The summed E-state index contributed by atoms with van der Waals surface area (Å²) in [6.07, 6.45) is 4.31. The molecule has 2 fully saturated rings. The molecular weight excluding hydrogens is 370 g/mol. The van der Waals surface area contributed by atoms with Crippen LogP contribution in [0.15, 0.2) is 48.5 Å². The Morgan fingerprint density at radius 3 is 2.68 bits per heavy atom. The lowest BCUT2D eigenvalue weighted by Crippen LogP contribution is -2.51. The number of nitrogens with zero attached hydrogens (tertiary/aromatic N) is 2. The lowest BCUT2D eigenvalue weighted by Gasteiger charge is -2.38. The van der Waals surface area contributed by atoms with Crippen LogP contribution in [0.4, 0.5) is 0 Å². The normalized spacial score (nSPS) is 28.0. The zero-order chi connectivity index (χ0) is 19.5. The van der Waals surface area contributed by atoms with E-state index >= 15 is 0 Å². The molecule has 3 unspecified atom stereocenters. The van der Waals surface area contributed by atoms with E-state index in [1.54, 1.807) is 12.1 Å². The number of halogens is 1. The third-order valence-electron chi connectivity index (χ3n) is 6.04. The molecule has 28 heavy (non-hydrogen) atoms. The first-order valence-electron chi connectivity index (χ1n) is 10.0. The van der Waals surface area contributed by atoms with Crippen LogP contribution in [-0.2, 0) is 0 Å². The van der Waals surface area contributed by atoms with Crippen molar-refractivity contribution in [3.8, 4) is 11.8 Å². The average Bonchev–Trinajstić information content (AvgIpc) is 3.14. The number of ether oxygens (including phenoxy) is 1. The minimum absolute atomic E-state index is 0.0564. The summed E-state index contributed by atoms with van der Waals surface area (Å²) in [5.74, 6) is 1.12. The van der Waals surface area contributed by atoms with E-state index in [-0.39, 0.29) is 12.1 Å². The van der Waals surface area contributed by atoms with E-state index in [2.05, 4.69) is 41.3 Å². The van der Waals surface area contributed by atoms with Gasteiger partial charge in [0.1, 0.15) is 11.9 Å². The Morgan fingerprint density at radius 1 is 1.14 bits per heavy atom. The number of nitrogens with two attached hydrogens (primary N) is 1. The molecule has 2 aromatic carbocycles. The maximum Gasteiger partial charge on any atom is 0.138 e. The minimum atomic E-state index is 0.0564. The van der Waals surface area contributed by atoms with Crippen LogP contribution < -0.4 is 10.5 Å². The van der Waals surface area contributed by atoms with E-state index in [9.17, 15) is 0 Å². The summed E-state index contributed by atoms with van der Waals surface area (Å²) in [5.41, 5.74) is 8.17. The number of benzene rings is 2. The van der Waals surface area contributed by atoms with Crippen LogP contribution in [0.3, 0.4) is 0 Å². The van der Waals surface area contributed by atoms with E-state index in [4.69, 9.17) is 27.3 Å². The van der Waals surface area contributed by atoms with Gasteiger partial charge in [-0.3, -0.25) is 4.90 Å². The van der Waals surface area contributed by atoms with Gasteiger partial charge in [0.25, 0.3) is 0 Å². The minimum Gasteiger partial charge on any atom is -0.487 e. The highest BCUT2D eigenvalue weighted by Gasteiger charge is 2.41. The molecule has 1 heterocycles. The van der Waals surface area contributed by atoms with Crippen molar-refractivity contribution in [2.45, 2.75) is 49.8 Å². The van der Waals surface area contributed by atoms with Gasteiger partial charge in [-0.05, 0) is 61.9 Å². The van der Waals surface area contributed by atoms with Gasteiger partial charge < -0.3 is 10.5 Å². The Balaban J connectivity index is 1.57. The van der Waals surface area contributed by atoms with Crippen LogP contribution in [0.5, 0.6) is 5.75 Å². The first-order chi connectivity index (χ1) is 13.6. The van der Waals surface area contributed by atoms with Crippen LogP contribution in [0, 0.1) is 11.3 Å². The maximum atomic E-state index is 9.07. The van der Waals surface area contributed by atoms with E-state index in [0.717, 1.165) is 38.8 Å². The molecule has 5 heteroatoms. The van der Waals surface area contributed by atoms with Crippen LogP contribution >= 0.6 is 11.6 Å². The van der Waals surface area contributed by atoms with Crippen LogP contribution in [0.1, 0.15) is 42.7 Å². The number of nitriles is 1. The fourth-order valence-corrected chi connectivity index (χ4v) is 4.88. The number of piperidine rings is 1. The SMILES string of the molecule is N#Cc1ccc(OC2CC(c3ccccc3)CC2N2CCC[C@H](N)C2)c(Cl)c1. The fourth-order valence-electron chi connectivity index (χ4n) is 4.66. The summed E-state index contributed by atoms with van der Waals surface area (Å²) < 4.78 is 6.43. The third-order valence-corrected chi connectivity index (χ3v) is 6.34. The smallest absolute Gasteiger partial charge is 0.138 e. The summed E-state index contributed by atoms with van der Waals surface area (Å²) in [6.45, 7) is 1.99. The van der Waals surface area contributed by atoms with E-state index < -0.39 is 0 Å². The monoisotopic (exact) mass is 395 g/mol. The molecule has 1 aliphatic carbocycles. The molecule has 4 atom stereocenters. The van der Waals surface area contributed by atoms with E-state index in [1.807, 2.05) is 6.07 Å². The number of hydrogen-bond donors (Lipinski definition) is 1. The van der Waals surface area contributed by atoms with Crippen molar-refractivity contribution in [1.82, 2.24) is 4.90 Å². The fraction of sp³-hybridized carbons (Fsp3) is 0.435. The van der Waals surface area contributed by atoms with Crippen molar-refractivity contribution >= 4 is 11.6 Å². The Bertz CT molecular complexity index is 851. The molecule has 0 aromatic heterocycles. The lowest BCUT2D eigenvalue weighted by atomic mass is 9.97. The molecule has 4 nitrogen and oxygen atoms in total. The lowest BCUT2D eigenvalue weighted by molar-refractivity contribution is 0.0682. The Kier molecular flexibility index (Phi) is 5.87. The topological polar surface area (TPSA) is 62.3 Å². The molecular formula is C23H26ClN3O. The van der Waals surface area contributed by atoms with Crippen molar-refractivity contribution in [3.05, 3.63) is 64.7 Å². The van der Waals surface area contributed by atoms with Gasteiger partial charge in [0.05, 0.1) is 16.7 Å². The first-order valence-corrected chi connectivity index (χ1v) is 10.4. The second-order valence-corrected chi connectivity index (χ2v) is 8.36. The van der Waals surface area contributed by atoms with Gasteiger partial charge in [-0.25, -0.2) is 0 Å². The predicted octanol–water partition coefficient (Wildman–Crippen LogP) is 4.33. The van der Waals surface area contributed by atoms with Crippen molar-refractivity contribution in [2.24, 2.45) is 5.73 Å². The molecule has 146 valence electrons. The molecule has 1 saturated carbocycles. The molecule has 2 aliphatic rings. The van der Waals surface area contributed by atoms with Crippen molar-refractivity contribution < 1.29 is 4.74 Å².